The molecule has 0 aliphatic rings. The first-order valence-corrected chi connectivity index (χ1v) is 2.73. The summed E-state index contributed by atoms with van der Waals surface area (Å²) >= 11 is 0. The summed E-state index contributed by atoms with van der Waals surface area (Å²) in [6.45, 7) is 0. The van der Waals surface area contributed by atoms with Gasteiger partial charge in [0.15, 0.2) is 17.5 Å². The molecule has 1 rings (SSSR count). The Morgan fingerprint density at radius 2 is 1.60 bits per heavy atom. The van der Waals surface area contributed by atoms with Crippen LogP contribution in [-0.2, 0) is 0 Å². The van der Waals surface area contributed by atoms with E-state index in [1.807, 2.05) is 0 Å². The van der Waals surface area contributed by atoms with Crippen molar-refractivity contribution >= 4 is 13.3 Å². The van der Waals surface area contributed by atoms with E-state index in [9.17, 15) is 13.2 Å². The van der Waals surface area contributed by atoms with Crippen LogP contribution in [0, 0.1) is 17.5 Å². The summed E-state index contributed by atoms with van der Waals surface area (Å²) in [6.07, 6.45) is 0. The molecule has 52 valence electrons. The van der Waals surface area contributed by atoms with E-state index in [1.54, 1.807) is 0 Å². The third-order valence-corrected chi connectivity index (χ3v) is 1.23. The average molecular weight is 144 g/mol. The molecule has 0 heterocycles. The van der Waals surface area contributed by atoms with Crippen molar-refractivity contribution in [2.75, 3.05) is 0 Å². The minimum Gasteiger partial charge on any atom is -0.204 e. The number of hydrogen-bond donors (Lipinski definition) is 0. The van der Waals surface area contributed by atoms with Crippen molar-refractivity contribution in [1.82, 2.24) is 0 Å². The third kappa shape index (κ3) is 1.01. The molecule has 0 bridgehead atoms. The van der Waals surface area contributed by atoms with Crippen LogP contribution in [0.1, 0.15) is 0 Å². The minimum absolute atomic E-state index is 0.110. The van der Waals surface area contributed by atoms with Crippen molar-refractivity contribution in [2.24, 2.45) is 0 Å². The van der Waals surface area contributed by atoms with Crippen molar-refractivity contribution in [3.63, 3.8) is 0 Å². The van der Waals surface area contributed by atoms with Crippen LogP contribution < -0.4 is 5.46 Å². The molecule has 4 heteroatoms. The highest BCUT2D eigenvalue weighted by Crippen LogP contribution is 2.05. The van der Waals surface area contributed by atoms with Gasteiger partial charge in [0.05, 0.1) is 0 Å². The SMILES string of the molecule is Bc1ccc(F)c(F)c1F. The van der Waals surface area contributed by atoms with Gasteiger partial charge in [0.2, 0.25) is 0 Å². The van der Waals surface area contributed by atoms with E-state index in [4.69, 9.17) is 0 Å². The van der Waals surface area contributed by atoms with Crippen LogP contribution in [0.5, 0.6) is 0 Å². The Labute approximate surface area is 57.1 Å². The fourth-order valence-corrected chi connectivity index (χ4v) is 0.622. The van der Waals surface area contributed by atoms with E-state index in [0.717, 1.165) is 6.07 Å². The lowest BCUT2D eigenvalue weighted by molar-refractivity contribution is 0.451. The summed E-state index contributed by atoms with van der Waals surface area (Å²) in [5.41, 5.74) is 0.110. The molecule has 0 nitrogen and oxygen atoms in total. The molecule has 1 aromatic carbocycles. The first-order valence-electron chi connectivity index (χ1n) is 2.73. The fraction of sp³-hybridized carbons (Fsp3) is 0. The average Bonchev–Trinajstić information content (AvgIpc) is 1.93. The molecule has 0 radical (unpaired) electrons. The van der Waals surface area contributed by atoms with E-state index >= 15 is 0 Å². The van der Waals surface area contributed by atoms with Crippen LogP contribution in [0.2, 0.25) is 0 Å². The zero-order valence-corrected chi connectivity index (χ0v) is 5.29. The summed E-state index contributed by atoms with van der Waals surface area (Å²) in [5.74, 6) is -3.66. The maximum absolute atomic E-state index is 12.4. The highest BCUT2D eigenvalue weighted by atomic mass is 19.2. The van der Waals surface area contributed by atoms with Crippen molar-refractivity contribution in [3.05, 3.63) is 29.6 Å². The molecule has 0 aliphatic carbocycles. The molecule has 0 N–H and O–H groups in total. The van der Waals surface area contributed by atoms with Gasteiger partial charge in [-0.05, 0) is 6.07 Å². The first kappa shape index (κ1) is 7.19. The van der Waals surface area contributed by atoms with E-state index in [0.29, 0.717) is 0 Å². The molecule has 0 saturated heterocycles. The predicted molar refractivity (Wildman–Crippen MR) is 34.5 cm³/mol. The van der Waals surface area contributed by atoms with E-state index < -0.39 is 17.5 Å². The molecule has 1 aromatic rings. The molecular weight excluding hydrogens is 140 g/mol. The largest absolute Gasteiger partial charge is 0.204 e. The topological polar surface area (TPSA) is 0 Å². The Balaban J connectivity index is 3.34. The summed E-state index contributed by atoms with van der Waals surface area (Å²) in [4.78, 5) is 0. The minimum atomic E-state index is -1.40. The summed E-state index contributed by atoms with van der Waals surface area (Å²) in [6, 6.07) is 2.08. The Morgan fingerprint density at radius 1 is 1.00 bits per heavy atom. The van der Waals surface area contributed by atoms with Gasteiger partial charge in [0, 0.05) is 0 Å². The lowest BCUT2D eigenvalue weighted by Gasteiger charge is -1.96. The highest BCUT2D eigenvalue weighted by molar-refractivity contribution is 6.32. The Kier molecular flexibility index (Phi) is 1.70. The molecule has 0 unspecified atom stereocenters. The Morgan fingerprint density at radius 3 is 2.10 bits per heavy atom. The molecule has 0 aromatic heterocycles. The monoisotopic (exact) mass is 144 g/mol. The second-order valence-electron chi connectivity index (χ2n) is 1.99. The maximum atomic E-state index is 12.4. The van der Waals surface area contributed by atoms with Gasteiger partial charge in [0.1, 0.15) is 7.85 Å². The number of hydrogen-bond acceptors (Lipinski definition) is 0. The van der Waals surface area contributed by atoms with Crippen molar-refractivity contribution in [1.29, 1.82) is 0 Å². The predicted octanol–water partition coefficient (Wildman–Crippen LogP) is 0.362. The van der Waals surface area contributed by atoms with Crippen LogP contribution in [0.15, 0.2) is 12.1 Å². The van der Waals surface area contributed by atoms with Crippen molar-refractivity contribution < 1.29 is 13.2 Å². The molecule has 0 atom stereocenters. The van der Waals surface area contributed by atoms with Crippen LogP contribution >= 0.6 is 0 Å². The molecule has 0 amide bonds. The maximum Gasteiger partial charge on any atom is 0.193 e. The van der Waals surface area contributed by atoms with E-state index in [1.165, 1.54) is 13.9 Å². The second kappa shape index (κ2) is 2.36. The van der Waals surface area contributed by atoms with Gasteiger partial charge in [-0.3, -0.25) is 0 Å². The molecule has 0 spiro atoms. The zero-order chi connectivity index (χ0) is 7.72. The van der Waals surface area contributed by atoms with Gasteiger partial charge in [-0.1, -0.05) is 11.5 Å². The molecule has 0 fully saturated rings. The zero-order valence-electron chi connectivity index (χ0n) is 5.29. The molecule has 0 saturated carbocycles. The highest BCUT2D eigenvalue weighted by Gasteiger charge is 2.08. The van der Waals surface area contributed by atoms with Crippen molar-refractivity contribution in [3.8, 4) is 0 Å². The summed E-state index contributed by atoms with van der Waals surface area (Å²) < 4.78 is 36.8. The van der Waals surface area contributed by atoms with E-state index in [2.05, 4.69) is 0 Å². The van der Waals surface area contributed by atoms with Gasteiger partial charge in [-0.25, -0.2) is 13.2 Å². The second-order valence-corrected chi connectivity index (χ2v) is 1.99. The molecular formula is C6H4BF3. The normalized spacial score (nSPS) is 9.90. The van der Waals surface area contributed by atoms with Gasteiger partial charge >= 0.3 is 0 Å². The van der Waals surface area contributed by atoms with E-state index in [-0.39, 0.29) is 5.46 Å². The van der Waals surface area contributed by atoms with Crippen molar-refractivity contribution in [2.45, 2.75) is 0 Å². The van der Waals surface area contributed by atoms with Gasteiger partial charge in [0.25, 0.3) is 0 Å². The smallest absolute Gasteiger partial charge is 0.193 e. The number of benzene rings is 1. The van der Waals surface area contributed by atoms with Gasteiger partial charge < -0.3 is 0 Å². The standard InChI is InChI=1S/C6H4BF3/c7-3-1-2-4(8)6(10)5(3)9/h1-2H,7H2. The number of halogens is 3. The van der Waals surface area contributed by atoms with Crippen LogP contribution in [0.3, 0.4) is 0 Å². The Bertz CT molecular complexity index is 232. The quantitative estimate of drug-likeness (QED) is 0.364. The molecule has 0 aliphatic heterocycles. The summed E-state index contributed by atoms with van der Waals surface area (Å²) in [7, 11) is 1.37. The lowest BCUT2D eigenvalue weighted by Crippen LogP contribution is -2.11. The van der Waals surface area contributed by atoms with Gasteiger partial charge in [-0.2, -0.15) is 0 Å². The van der Waals surface area contributed by atoms with Crippen LogP contribution in [0.25, 0.3) is 0 Å². The fourth-order valence-electron chi connectivity index (χ4n) is 0.622. The Hall–Kier alpha value is -0.925. The third-order valence-electron chi connectivity index (χ3n) is 1.23. The lowest BCUT2D eigenvalue weighted by atomic mass is 9.95. The number of rotatable bonds is 0. The van der Waals surface area contributed by atoms with Crippen LogP contribution in [-0.4, -0.2) is 7.85 Å². The first-order chi connectivity index (χ1) is 4.63. The van der Waals surface area contributed by atoms with Crippen LogP contribution in [0.4, 0.5) is 13.2 Å². The molecule has 10 heavy (non-hydrogen) atoms. The summed E-state index contributed by atoms with van der Waals surface area (Å²) in [5, 5.41) is 0. The van der Waals surface area contributed by atoms with Gasteiger partial charge in [-0.15, -0.1) is 0 Å².